The van der Waals surface area contributed by atoms with Crippen molar-refractivity contribution in [2.45, 2.75) is 66.2 Å². The lowest BCUT2D eigenvalue weighted by atomic mass is 9.98. The molecule has 0 aliphatic rings. The Morgan fingerprint density at radius 3 is 2.17 bits per heavy atom. The molecule has 0 saturated carbocycles. The van der Waals surface area contributed by atoms with Gasteiger partial charge in [-0.15, -0.1) is 0 Å². The highest BCUT2D eigenvalue weighted by Crippen LogP contribution is 2.37. The van der Waals surface area contributed by atoms with Gasteiger partial charge in [-0.25, -0.2) is 8.93 Å². The maximum absolute atomic E-state index is 12.4. The number of rotatable bonds is 7. The third-order valence-electron chi connectivity index (χ3n) is 3.67. The fraction of sp³-hybridized carbons (Fsp3) is 0.667. The average molecular weight is 342 g/mol. The van der Waals surface area contributed by atoms with Crippen molar-refractivity contribution >= 4 is 11.0 Å². The second kappa shape index (κ2) is 8.15. The summed E-state index contributed by atoms with van der Waals surface area (Å²) in [6, 6.07) is 1.97. The van der Waals surface area contributed by atoms with E-state index in [1.54, 1.807) is 0 Å². The molecule has 1 rings (SSSR count). The molecule has 1 aromatic carbocycles. The molecule has 0 spiro atoms. The molecule has 1 aromatic rings. The van der Waals surface area contributed by atoms with Gasteiger partial charge in [0.1, 0.15) is 11.5 Å². The molecule has 0 radical (unpaired) electrons. The number of benzene rings is 1. The van der Waals surface area contributed by atoms with E-state index in [2.05, 4.69) is 4.72 Å². The minimum absolute atomic E-state index is 0.0610. The Bertz CT molecular complexity index is 564. The molecule has 0 aliphatic heterocycles. The highest BCUT2D eigenvalue weighted by atomic mass is 32.2. The van der Waals surface area contributed by atoms with Gasteiger partial charge in [0.2, 0.25) is 0 Å². The van der Waals surface area contributed by atoms with Gasteiger partial charge in [-0.3, -0.25) is 0 Å². The Balaban J connectivity index is 3.26. The van der Waals surface area contributed by atoms with Crippen molar-refractivity contribution in [1.82, 2.24) is 4.72 Å². The third-order valence-corrected chi connectivity index (χ3v) is 5.35. The summed E-state index contributed by atoms with van der Waals surface area (Å²) in [5.74, 6) is 1.69. The molecule has 0 heterocycles. The minimum atomic E-state index is -1.13. The summed E-state index contributed by atoms with van der Waals surface area (Å²) in [5.41, 5.74) is 3.14. The Kier molecular flexibility index (Phi) is 7.08. The molecule has 1 N–H and O–H groups in total. The summed E-state index contributed by atoms with van der Waals surface area (Å²) in [6.45, 7) is 17.1. The van der Waals surface area contributed by atoms with Crippen LogP contribution in [0.25, 0.3) is 0 Å². The lowest BCUT2D eigenvalue weighted by molar-refractivity contribution is 0.316. The van der Waals surface area contributed by atoms with Crippen molar-refractivity contribution in [3.63, 3.8) is 0 Å². The van der Waals surface area contributed by atoms with Crippen LogP contribution in [0.15, 0.2) is 6.07 Å². The van der Waals surface area contributed by atoms with Crippen molar-refractivity contribution < 1.29 is 13.7 Å². The van der Waals surface area contributed by atoms with E-state index < -0.39 is 11.0 Å². The van der Waals surface area contributed by atoms with Gasteiger partial charge in [-0.05, 0) is 72.6 Å². The van der Waals surface area contributed by atoms with Crippen molar-refractivity contribution in [3.8, 4) is 11.5 Å². The number of nitrogens with one attached hydrogen (secondary N) is 1. The second-order valence-corrected chi connectivity index (χ2v) is 8.63. The number of hydrogen-bond acceptors (Lipinski definition) is 3. The number of hydrogen-bond donors (Lipinski definition) is 1. The van der Waals surface area contributed by atoms with Gasteiger partial charge in [0.25, 0.3) is 0 Å². The minimum Gasteiger partial charge on any atom is -0.493 e. The molecule has 2 atom stereocenters. The van der Waals surface area contributed by atoms with Gasteiger partial charge in [-0.1, -0.05) is 0 Å². The standard InChI is InChI=1S/C18H31NO3S/c1-9-21-16-11-15(12(3)17(13(16)4)22-10-2)14(5)19-23(20)18(6,7)8/h11,14,19H,9-10H2,1-8H3/t14-,23+/m1/s1. The molecule has 5 heteroatoms. The molecular weight excluding hydrogens is 310 g/mol. The summed E-state index contributed by atoms with van der Waals surface area (Å²) in [6.07, 6.45) is 0. The highest BCUT2D eigenvalue weighted by Gasteiger charge is 2.24. The van der Waals surface area contributed by atoms with Gasteiger partial charge < -0.3 is 9.47 Å². The van der Waals surface area contributed by atoms with Gasteiger partial charge in [0.15, 0.2) is 0 Å². The van der Waals surface area contributed by atoms with Crippen molar-refractivity contribution in [3.05, 3.63) is 22.8 Å². The first kappa shape index (κ1) is 20.0. The molecule has 0 fully saturated rings. The summed E-state index contributed by atoms with van der Waals surface area (Å²) in [5, 5.41) is 0. The van der Waals surface area contributed by atoms with Gasteiger partial charge in [0.05, 0.1) is 28.9 Å². The van der Waals surface area contributed by atoms with E-state index >= 15 is 0 Å². The van der Waals surface area contributed by atoms with Crippen LogP contribution in [0, 0.1) is 13.8 Å². The third kappa shape index (κ3) is 4.95. The fourth-order valence-corrected chi connectivity index (χ4v) is 3.20. The number of ether oxygens (including phenoxy) is 2. The van der Waals surface area contributed by atoms with Crippen LogP contribution in [-0.4, -0.2) is 22.2 Å². The molecule has 0 unspecified atom stereocenters. The van der Waals surface area contributed by atoms with Crippen molar-refractivity contribution in [1.29, 1.82) is 0 Å². The molecule has 4 nitrogen and oxygen atoms in total. The van der Waals surface area contributed by atoms with Crippen LogP contribution >= 0.6 is 0 Å². The monoisotopic (exact) mass is 341 g/mol. The first-order chi connectivity index (χ1) is 10.6. The molecule has 0 aromatic heterocycles. The highest BCUT2D eigenvalue weighted by molar-refractivity contribution is 7.84. The molecule has 0 amide bonds. The van der Waals surface area contributed by atoms with E-state index in [0.29, 0.717) is 13.2 Å². The van der Waals surface area contributed by atoms with Crippen LogP contribution in [-0.2, 0) is 11.0 Å². The quantitative estimate of drug-likeness (QED) is 0.808. The zero-order chi connectivity index (χ0) is 17.8. The van der Waals surface area contributed by atoms with Gasteiger partial charge in [-0.2, -0.15) is 0 Å². The maximum atomic E-state index is 12.4. The largest absolute Gasteiger partial charge is 0.493 e. The zero-order valence-corrected chi connectivity index (χ0v) is 16.5. The summed E-state index contributed by atoms with van der Waals surface area (Å²) >= 11 is 0. The molecule has 0 saturated heterocycles. The molecule has 0 bridgehead atoms. The summed E-state index contributed by atoms with van der Waals surface area (Å²) in [4.78, 5) is 0. The summed E-state index contributed by atoms with van der Waals surface area (Å²) < 4.78 is 26.9. The first-order valence-corrected chi connectivity index (χ1v) is 9.36. The van der Waals surface area contributed by atoms with Gasteiger partial charge in [0, 0.05) is 11.6 Å². The van der Waals surface area contributed by atoms with Crippen molar-refractivity contribution in [2.75, 3.05) is 13.2 Å². The molecule has 132 valence electrons. The lowest BCUT2D eigenvalue weighted by Gasteiger charge is -2.25. The van der Waals surface area contributed by atoms with Crippen LogP contribution in [0.1, 0.15) is 64.3 Å². The van der Waals surface area contributed by atoms with Crippen LogP contribution < -0.4 is 14.2 Å². The van der Waals surface area contributed by atoms with E-state index in [0.717, 1.165) is 28.2 Å². The Morgan fingerprint density at radius 1 is 1.13 bits per heavy atom. The molecule has 0 aliphatic carbocycles. The topological polar surface area (TPSA) is 47.6 Å². The lowest BCUT2D eigenvalue weighted by Crippen LogP contribution is -2.35. The van der Waals surface area contributed by atoms with E-state index in [1.165, 1.54) is 0 Å². The second-order valence-electron chi connectivity index (χ2n) is 6.63. The van der Waals surface area contributed by atoms with E-state index in [4.69, 9.17) is 9.47 Å². The Hall–Kier alpha value is -1.07. The smallest absolute Gasteiger partial charge is 0.129 e. The predicted octanol–water partition coefficient (Wildman–Crippen LogP) is 4.21. The fourth-order valence-electron chi connectivity index (χ4n) is 2.40. The van der Waals surface area contributed by atoms with Crippen LogP contribution in [0.2, 0.25) is 0 Å². The SMILES string of the molecule is CCOc1cc([C@@H](C)N[S@@](=O)C(C)(C)C)c(C)c(OCC)c1C. The Morgan fingerprint density at radius 2 is 1.70 bits per heavy atom. The van der Waals surface area contributed by atoms with E-state index in [1.807, 2.05) is 61.5 Å². The first-order valence-electron chi connectivity index (χ1n) is 8.21. The van der Waals surface area contributed by atoms with E-state index in [9.17, 15) is 4.21 Å². The van der Waals surface area contributed by atoms with Crippen LogP contribution in [0.5, 0.6) is 11.5 Å². The molecular formula is C18H31NO3S. The van der Waals surface area contributed by atoms with Gasteiger partial charge >= 0.3 is 0 Å². The molecule has 23 heavy (non-hydrogen) atoms. The normalized spacial score (nSPS) is 14.4. The van der Waals surface area contributed by atoms with E-state index in [-0.39, 0.29) is 10.8 Å². The zero-order valence-electron chi connectivity index (χ0n) is 15.7. The maximum Gasteiger partial charge on any atom is 0.129 e. The van der Waals surface area contributed by atoms with Crippen molar-refractivity contribution in [2.24, 2.45) is 0 Å². The Labute approximate surface area is 143 Å². The summed E-state index contributed by atoms with van der Waals surface area (Å²) in [7, 11) is -1.13. The van der Waals surface area contributed by atoms with Crippen LogP contribution in [0.3, 0.4) is 0 Å². The van der Waals surface area contributed by atoms with Crippen LogP contribution in [0.4, 0.5) is 0 Å². The predicted molar refractivity (Wildman–Crippen MR) is 97.7 cm³/mol. The average Bonchev–Trinajstić information content (AvgIpc) is 2.45.